The van der Waals surface area contributed by atoms with Crippen LogP contribution in [-0.2, 0) is 12.8 Å². The van der Waals surface area contributed by atoms with Crippen LogP contribution < -0.4 is 0 Å². The molecular formula is C26H32N2. The molecular weight excluding hydrogens is 340 g/mol. The number of aryl methyl sites for hydroxylation is 2. The number of rotatable bonds is 7. The van der Waals surface area contributed by atoms with Gasteiger partial charge in [-0.2, -0.15) is 0 Å². The Kier molecular flexibility index (Phi) is 6.70. The van der Waals surface area contributed by atoms with Gasteiger partial charge in [-0.1, -0.05) is 36.4 Å². The van der Waals surface area contributed by atoms with E-state index in [1.165, 1.54) is 62.5 Å². The second-order valence-corrected chi connectivity index (χ2v) is 8.40. The Morgan fingerprint density at radius 3 is 1.61 bits per heavy atom. The third-order valence-corrected chi connectivity index (χ3v) is 6.41. The fourth-order valence-corrected chi connectivity index (χ4v) is 4.66. The summed E-state index contributed by atoms with van der Waals surface area (Å²) in [5, 5.41) is 0. The Labute approximate surface area is 169 Å². The first-order valence-electron chi connectivity index (χ1n) is 11.1. The van der Waals surface area contributed by atoms with Crippen LogP contribution in [-0.4, -0.2) is 9.97 Å². The quantitative estimate of drug-likeness (QED) is 0.504. The van der Waals surface area contributed by atoms with Gasteiger partial charge in [0, 0.05) is 12.4 Å². The van der Waals surface area contributed by atoms with Gasteiger partial charge in [0.1, 0.15) is 0 Å². The van der Waals surface area contributed by atoms with E-state index in [2.05, 4.69) is 48.6 Å². The summed E-state index contributed by atoms with van der Waals surface area (Å²) in [5.41, 5.74) is 4.93. The molecule has 0 saturated carbocycles. The van der Waals surface area contributed by atoms with Crippen LogP contribution in [0.3, 0.4) is 0 Å². The molecule has 2 unspecified atom stereocenters. The number of nitrogens with zero attached hydrogens (tertiary/aromatic N) is 2. The van der Waals surface area contributed by atoms with E-state index in [4.69, 9.17) is 9.97 Å². The lowest BCUT2D eigenvalue weighted by Gasteiger charge is -2.19. The van der Waals surface area contributed by atoms with Gasteiger partial charge in [0.25, 0.3) is 0 Å². The minimum absolute atomic E-state index is 0.820. The summed E-state index contributed by atoms with van der Waals surface area (Å²) in [6.07, 6.45) is 25.5. The summed E-state index contributed by atoms with van der Waals surface area (Å²) >= 11 is 0. The molecule has 0 N–H and O–H groups in total. The maximum absolute atomic E-state index is 4.78. The first-order chi connectivity index (χ1) is 13.9. The zero-order valence-electron chi connectivity index (χ0n) is 16.9. The molecule has 2 aromatic rings. The van der Waals surface area contributed by atoms with Crippen LogP contribution in [0.1, 0.15) is 62.5 Å². The van der Waals surface area contributed by atoms with E-state index in [0.29, 0.717) is 0 Å². The van der Waals surface area contributed by atoms with Crippen LogP contribution >= 0.6 is 0 Å². The smallest absolute Gasteiger partial charge is 0.0920 e. The van der Waals surface area contributed by atoms with Crippen LogP contribution in [0.2, 0.25) is 0 Å². The molecule has 0 radical (unpaired) electrons. The van der Waals surface area contributed by atoms with Crippen LogP contribution in [0.15, 0.2) is 61.0 Å². The molecule has 2 heterocycles. The molecule has 146 valence electrons. The maximum atomic E-state index is 4.78. The summed E-state index contributed by atoms with van der Waals surface area (Å²) in [6.45, 7) is 0. The highest BCUT2D eigenvalue weighted by atomic mass is 14.8. The number of allylic oxidation sites excluding steroid dienone is 4. The van der Waals surface area contributed by atoms with Crippen LogP contribution in [0.5, 0.6) is 0 Å². The maximum Gasteiger partial charge on any atom is 0.0920 e. The van der Waals surface area contributed by atoms with E-state index >= 15 is 0 Å². The normalized spacial score (nSPS) is 21.7. The molecule has 2 heteroatoms. The third kappa shape index (κ3) is 4.98. The minimum atomic E-state index is 0.820. The molecule has 2 aromatic heterocycles. The largest absolute Gasteiger partial charge is 0.254 e. The highest BCUT2D eigenvalue weighted by molar-refractivity contribution is 5.62. The lowest BCUT2D eigenvalue weighted by Crippen LogP contribution is -2.07. The Bertz CT molecular complexity index is 751. The van der Waals surface area contributed by atoms with Crippen LogP contribution in [0, 0.1) is 11.8 Å². The lowest BCUT2D eigenvalue weighted by molar-refractivity contribution is 0.445. The van der Waals surface area contributed by atoms with Gasteiger partial charge in [-0.15, -0.1) is 0 Å². The van der Waals surface area contributed by atoms with E-state index in [1.807, 2.05) is 12.4 Å². The van der Waals surface area contributed by atoms with Crippen molar-refractivity contribution in [1.82, 2.24) is 9.97 Å². The van der Waals surface area contributed by atoms with Crippen molar-refractivity contribution >= 4 is 0 Å². The summed E-state index contributed by atoms with van der Waals surface area (Å²) in [5.74, 6) is 1.64. The standard InChI is InChI=1S/C26H32N2/c1-3-9-21(10-4-1)15-17-23-13-7-19-27-25(23)26-24(14-8-20-28-26)18-16-22-11-5-2-6-12-22/h1-3,5,7-8,13-14,19-22H,4,6,9-12,15-18H2. The van der Waals surface area contributed by atoms with Crippen molar-refractivity contribution in [2.75, 3.05) is 0 Å². The second-order valence-electron chi connectivity index (χ2n) is 8.40. The lowest BCUT2D eigenvalue weighted by atomic mass is 9.87. The monoisotopic (exact) mass is 372 g/mol. The molecule has 2 aliphatic rings. The van der Waals surface area contributed by atoms with E-state index in [1.54, 1.807) is 0 Å². The molecule has 2 atom stereocenters. The zero-order chi connectivity index (χ0) is 19.0. The minimum Gasteiger partial charge on any atom is -0.254 e. The SMILES string of the molecule is C1=CCC(CCc2cccnc2-c2ncccc2CCC2CC=CCC2)CC1. The van der Waals surface area contributed by atoms with Gasteiger partial charge in [-0.05, 0) is 99.3 Å². The van der Waals surface area contributed by atoms with Crippen molar-refractivity contribution in [2.24, 2.45) is 11.8 Å². The van der Waals surface area contributed by atoms with Gasteiger partial charge in [0.15, 0.2) is 0 Å². The van der Waals surface area contributed by atoms with Crippen molar-refractivity contribution in [3.05, 3.63) is 72.1 Å². The number of aromatic nitrogens is 2. The Balaban J connectivity index is 1.49. The molecule has 0 spiro atoms. The van der Waals surface area contributed by atoms with Crippen LogP contribution in [0.25, 0.3) is 11.4 Å². The topological polar surface area (TPSA) is 25.8 Å². The zero-order valence-corrected chi connectivity index (χ0v) is 16.9. The number of pyridine rings is 2. The van der Waals surface area contributed by atoms with Crippen molar-refractivity contribution in [2.45, 2.75) is 64.2 Å². The molecule has 28 heavy (non-hydrogen) atoms. The fraction of sp³-hybridized carbons (Fsp3) is 0.462. The molecule has 0 aliphatic heterocycles. The number of hydrogen-bond acceptors (Lipinski definition) is 2. The van der Waals surface area contributed by atoms with Gasteiger partial charge in [-0.25, -0.2) is 0 Å². The van der Waals surface area contributed by atoms with Gasteiger partial charge in [0.05, 0.1) is 11.4 Å². The van der Waals surface area contributed by atoms with Crippen molar-refractivity contribution in [1.29, 1.82) is 0 Å². The molecule has 0 saturated heterocycles. The summed E-state index contributed by atoms with van der Waals surface area (Å²) in [7, 11) is 0. The van der Waals surface area contributed by atoms with E-state index in [9.17, 15) is 0 Å². The predicted octanol–water partition coefficient (Wildman–Crippen LogP) is 6.72. The Hall–Kier alpha value is -2.22. The first kappa shape index (κ1) is 19.1. The summed E-state index contributed by atoms with van der Waals surface area (Å²) in [6, 6.07) is 8.67. The molecule has 0 aromatic carbocycles. The van der Waals surface area contributed by atoms with E-state index < -0.39 is 0 Å². The second kappa shape index (κ2) is 9.82. The van der Waals surface area contributed by atoms with E-state index in [0.717, 1.165) is 36.1 Å². The fourth-order valence-electron chi connectivity index (χ4n) is 4.66. The van der Waals surface area contributed by atoms with E-state index in [-0.39, 0.29) is 0 Å². The Morgan fingerprint density at radius 2 is 1.18 bits per heavy atom. The Morgan fingerprint density at radius 1 is 0.679 bits per heavy atom. The van der Waals surface area contributed by atoms with Gasteiger partial charge >= 0.3 is 0 Å². The highest BCUT2D eigenvalue weighted by Gasteiger charge is 2.16. The third-order valence-electron chi connectivity index (χ3n) is 6.41. The molecule has 0 fully saturated rings. The van der Waals surface area contributed by atoms with Gasteiger partial charge in [0.2, 0.25) is 0 Å². The summed E-state index contributed by atoms with van der Waals surface area (Å²) in [4.78, 5) is 9.56. The number of hydrogen-bond donors (Lipinski definition) is 0. The average Bonchev–Trinajstić information content (AvgIpc) is 2.78. The molecule has 2 aliphatic carbocycles. The molecule has 4 rings (SSSR count). The predicted molar refractivity (Wildman–Crippen MR) is 117 cm³/mol. The van der Waals surface area contributed by atoms with Crippen LogP contribution in [0.4, 0.5) is 0 Å². The van der Waals surface area contributed by atoms with Gasteiger partial charge < -0.3 is 0 Å². The van der Waals surface area contributed by atoms with Crippen molar-refractivity contribution < 1.29 is 0 Å². The van der Waals surface area contributed by atoms with Crippen molar-refractivity contribution in [3.8, 4) is 11.4 Å². The first-order valence-corrected chi connectivity index (χ1v) is 11.1. The van der Waals surface area contributed by atoms with Gasteiger partial charge in [-0.3, -0.25) is 9.97 Å². The van der Waals surface area contributed by atoms with Crippen molar-refractivity contribution in [3.63, 3.8) is 0 Å². The summed E-state index contributed by atoms with van der Waals surface area (Å²) < 4.78 is 0. The highest BCUT2D eigenvalue weighted by Crippen LogP contribution is 2.30. The molecule has 0 bridgehead atoms. The molecule has 0 amide bonds. The average molecular weight is 373 g/mol. The molecule has 2 nitrogen and oxygen atoms in total.